The molecule has 6 heteroatoms. The molecule has 4 nitrogen and oxygen atoms in total. The van der Waals surface area contributed by atoms with E-state index in [-0.39, 0.29) is 0 Å². The number of halogens is 1. The molecule has 1 unspecified atom stereocenters. The van der Waals surface area contributed by atoms with Crippen LogP contribution in [0, 0.1) is 11.8 Å². The summed E-state index contributed by atoms with van der Waals surface area (Å²) in [6, 6.07) is 1.63. The largest absolute Gasteiger partial charge is 0.363 e. The van der Waals surface area contributed by atoms with E-state index in [0.29, 0.717) is 35.7 Å². The number of rotatable bonds is 4. The number of sulfonamides is 1. The van der Waals surface area contributed by atoms with Crippen LogP contribution >= 0.6 is 11.6 Å². The minimum atomic E-state index is -3.38. The summed E-state index contributed by atoms with van der Waals surface area (Å²) >= 11 is 5.72. The summed E-state index contributed by atoms with van der Waals surface area (Å²) in [7, 11) is -3.38. The van der Waals surface area contributed by atoms with E-state index in [2.05, 4.69) is 18.8 Å². The van der Waals surface area contributed by atoms with Gasteiger partial charge in [-0.15, -0.1) is 11.6 Å². The summed E-state index contributed by atoms with van der Waals surface area (Å²) in [5, 5.41) is 0. The SMILES string of the molecule is CC(C)C1CCCN(S(=O)(=O)c2c[nH]c(CCl)c2)CC1. The molecule has 1 fully saturated rings. The van der Waals surface area contributed by atoms with E-state index >= 15 is 0 Å². The highest BCUT2D eigenvalue weighted by molar-refractivity contribution is 7.89. The second-order valence-electron chi connectivity index (χ2n) is 5.83. The lowest BCUT2D eigenvalue weighted by Crippen LogP contribution is -2.32. The van der Waals surface area contributed by atoms with Crippen molar-refractivity contribution < 1.29 is 8.42 Å². The maximum Gasteiger partial charge on any atom is 0.244 e. The first-order valence-electron chi connectivity index (χ1n) is 7.18. The second kappa shape index (κ2) is 6.50. The van der Waals surface area contributed by atoms with Gasteiger partial charge >= 0.3 is 0 Å². The minimum absolute atomic E-state index is 0.297. The van der Waals surface area contributed by atoms with Crippen LogP contribution in [0.5, 0.6) is 0 Å². The van der Waals surface area contributed by atoms with Gasteiger partial charge in [0.25, 0.3) is 0 Å². The van der Waals surface area contributed by atoms with Crippen molar-refractivity contribution in [3.63, 3.8) is 0 Å². The first kappa shape index (κ1) is 15.9. The molecule has 1 aromatic rings. The molecule has 0 saturated carbocycles. The lowest BCUT2D eigenvalue weighted by atomic mass is 9.89. The van der Waals surface area contributed by atoms with Gasteiger partial charge in [0.2, 0.25) is 10.0 Å². The van der Waals surface area contributed by atoms with Gasteiger partial charge in [-0.3, -0.25) is 0 Å². The highest BCUT2D eigenvalue weighted by atomic mass is 35.5. The number of hydrogen-bond donors (Lipinski definition) is 1. The molecule has 0 aliphatic carbocycles. The van der Waals surface area contributed by atoms with Crippen molar-refractivity contribution in [3.8, 4) is 0 Å². The van der Waals surface area contributed by atoms with Crippen LogP contribution in [-0.2, 0) is 15.9 Å². The smallest absolute Gasteiger partial charge is 0.244 e. The van der Waals surface area contributed by atoms with Gasteiger partial charge in [-0.25, -0.2) is 8.42 Å². The molecule has 1 aromatic heterocycles. The Balaban J connectivity index is 2.13. The zero-order chi connectivity index (χ0) is 14.8. The standard InChI is InChI=1S/C14H23ClN2O2S/c1-11(2)12-4-3-6-17(7-5-12)20(18,19)14-8-13(9-15)16-10-14/h8,10-12,16H,3-7,9H2,1-2H3. The average Bonchev–Trinajstić information content (AvgIpc) is 2.75. The Labute approximate surface area is 126 Å². The number of alkyl halides is 1. The Morgan fingerprint density at radius 1 is 1.40 bits per heavy atom. The molecule has 1 atom stereocenters. The molecule has 2 heterocycles. The Hall–Kier alpha value is -0.520. The first-order valence-corrected chi connectivity index (χ1v) is 9.16. The summed E-state index contributed by atoms with van der Waals surface area (Å²) < 4.78 is 26.8. The van der Waals surface area contributed by atoms with Crippen LogP contribution in [0.2, 0.25) is 0 Å². The zero-order valence-corrected chi connectivity index (χ0v) is 13.7. The molecule has 1 saturated heterocycles. The first-order chi connectivity index (χ1) is 9.45. The van der Waals surface area contributed by atoms with E-state index in [1.165, 1.54) is 6.20 Å². The second-order valence-corrected chi connectivity index (χ2v) is 8.04. The highest BCUT2D eigenvalue weighted by Crippen LogP contribution is 2.27. The van der Waals surface area contributed by atoms with Crippen LogP contribution in [0.25, 0.3) is 0 Å². The van der Waals surface area contributed by atoms with Gasteiger partial charge in [-0.2, -0.15) is 4.31 Å². The number of H-pyrrole nitrogens is 1. The fourth-order valence-electron chi connectivity index (χ4n) is 2.80. The summed E-state index contributed by atoms with van der Waals surface area (Å²) in [5.41, 5.74) is 0.736. The molecule has 1 aliphatic heterocycles. The molecular formula is C14H23ClN2O2S. The summed E-state index contributed by atoms with van der Waals surface area (Å²) in [6.07, 6.45) is 4.54. The lowest BCUT2D eigenvalue weighted by molar-refractivity contribution is 0.341. The van der Waals surface area contributed by atoms with E-state index in [1.54, 1.807) is 10.4 Å². The van der Waals surface area contributed by atoms with Crippen LogP contribution in [0.3, 0.4) is 0 Å². The predicted molar refractivity (Wildman–Crippen MR) is 81.3 cm³/mol. The third kappa shape index (κ3) is 3.38. The van der Waals surface area contributed by atoms with Crippen molar-refractivity contribution in [2.24, 2.45) is 11.8 Å². The topological polar surface area (TPSA) is 53.2 Å². The van der Waals surface area contributed by atoms with Crippen molar-refractivity contribution in [2.75, 3.05) is 13.1 Å². The molecule has 1 N–H and O–H groups in total. The maximum absolute atomic E-state index is 12.6. The van der Waals surface area contributed by atoms with Gasteiger partial charge in [0, 0.05) is 25.0 Å². The van der Waals surface area contributed by atoms with Crippen LogP contribution in [-0.4, -0.2) is 30.8 Å². The number of aromatic nitrogens is 1. The molecule has 0 amide bonds. The minimum Gasteiger partial charge on any atom is -0.363 e. The van der Waals surface area contributed by atoms with E-state index < -0.39 is 10.0 Å². The van der Waals surface area contributed by atoms with E-state index in [4.69, 9.17) is 11.6 Å². The zero-order valence-electron chi connectivity index (χ0n) is 12.1. The van der Waals surface area contributed by atoms with E-state index in [0.717, 1.165) is 25.0 Å². The monoisotopic (exact) mass is 318 g/mol. The molecule has 20 heavy (non-hydrogen) atoms. The molecule has 0 spiro atoms. The van der Waals surface area contributed by atoms with Gasteiger partial charge < -0.3 is 4.98 Å². The number of aromatic amines is 1. The Morgan fingerprint density at radius 3 is 2.75 bits per heavy atom. The number of nitrogens with zero attached hydrogens (tertiary/aromatic N) is 1. The number of nitrogens with one attached hydrogen (secondary N) is 1. The number of hydrogen-bond acceptors (Lipinski definition) is 2. The van der Waals surface area contributed by atoms with Crippen LogP contribution in [0.1, 0.15) is 38.8 Å². The Morgan fingerprint density at radius 2 is 2.15 bits per heavy atom. The average molecular weight is 319 g/mol. The summed E-state index contributed by atoms with van der Waals surface area (Å²) in [5.74, 6) is 1.54. The lowest BCUT2D eigenvalue weighted by Gasteiger charge is -2.20. The summed E-state index contributed by atoms with van der Waals surface area (Å²) in [4.78, 5) is 3.24. The van der Waals surface area contributed by atoms with Gasteiger partial charge in [0.05, 0.1) is 10.8 Å². The molecule has 2 rings (SSSR count). The van der Waals surface area contributed by atoms with Gasteiger partial charge in [0.15, 0.2) is 0 Å². The quantitative estimate of drug-likeness (QED) is 0.867. The summed E-state index contributed by atoms with van der Waals surface area (Å²) in [6.45, 7) is 5.67. The maximum atomic E-state index is 12.6. The molecule has 0 bridgehead atoms. The highest BCUT2D eigenvalue weighted by Gasteiger charge is 2.29. The van der Waals surface area contributed by atoms with Crippen molar-refractivity contribution in [2.45, 2.75) is 43.9 Å². The fraction of sp³-hybridized carbons (Fsp3) is 0.714. The Bertz CT molecular complexity index is 539. The van der Waals surface area contributed by atoms with Crippen molar-refractivity contribution in [1.82, 2.24) is 9.29 Å². The van der Waals surface area contributed by atoms with Crippen molar-refractivity contribution >= 4 is 21.6 Å². The fourth-order valence-corrected chi connectivity index (χ4v) is 4.46. The molecule has 1 aliphatic rings. The predicted octanol–water partition coefficient (Wildman–Crippen LogP) is 3.20. The van der Waals surface area contributed by atoms with Crippen LogP contribution < -0.4 is 0 Å². The van der Waals surface area contributed by atoms with Crippen LogP contribution in [0.4, 0.5) is 0 Å². The normalized spacial score (nSPS) is 22.1. The van der Waals surface area contributed by atoms with Gasteiger partial charge in [-0.1, -0.05) is 13.8 Å². The van der Waals surface area contributed by atoms with Gasteiger partial charge in [0.1, 0.15) is 0 Å². The molecule has 0 aromatic carbocycles. The molecular weight excluding hydrogens is 296 g/mol. The van der Waals surface area contributed by atoms with Gasteiger partial charge in [-0.05, 0) is 37.2 Å². The van der Waals surface area contributed by atoms with Crippen molar-refractivity contribution in [3.05, 3.63) is 18.0 Å². The van der Waals surface area contributed by atoms with E-state index in [1.807, 2.05) is 0 Å². The van der Waals surface area contributed by atoms with E-state index in [9.17, 15) is 8.42 Å². The molecule has 0 radical (unpaired) electrons. The van der Waals surface area contributed by atoms with Crippen molar-refractivity contribution in [1.29, 1.82) is 0 Å². The third-order valence-electron chi connectivity index (χ3n) is 4.17. The van der Waals surface area contributed by atoms with Crippen LogP contribution in [0.15, 0.2) is 17.2 Å². The molecule has 114 valence electrons. The third-order valence-corrected chi connectivity index (χ3v) is 6.34. The Kier molecular flexibility index (Phi) is 5.15.